The third-order valence-electron chi connectivity index (χ3n) is 4.40. The zero-order chi connectivity index (χ0) is 20.6. The first-order valence-corrected chi connectivity index (χ1v) is 9.40. The fourth-order valence-corrected chi connectivity index (χ4v) is 2.73. The summed E-state index contributed by atoms with van der Waals surface area (Å²) in [5.74, 6) is 1.35. The molecule has 0 atom stereocenters. The summed E-state index contributed by atoms with van der Waals surface area (Å²) in [4.78, 5) is 16.7. The van der Waals surface area contributed by atoms with Crippen molar-refractivity contribution < 1.29 is 14.3 Å². The van der Waals surface area contributed by atoms with E-state index in [0.29, 0.717) is 18.8 Å². The predicted molar refractivity (Wildman–Crippen MR) is 115 cm³/mol. The second-order valence-corrected chi connectivity index (χ2v) is 6.66. The Morgan fingerprint density at radius 2 is 1.76 bits per heavy atom. The van der Waals surface area contributed by atoms with Crippen molar-refractivity contribution in [1.82, 2.24) is 4.98 Å². The second kappa shape index (κ2) is 9.59. The normalized spacial score (nSPS) is 10.3. The Bertz CT molecular complexity index is 954. The van der Waals surface area contributed by atoms with Crippen LogP contribution < -0.4 is 20.1 Å². The summed E-state index contributed by atoms with van der Waals surface area (Å²) < 4.78 is 10.8. The average Bonchev–Trinajstić information content (AvgIpc) is 2.74. The Labute approximate surface area is 170 Å². The average molecular weight is 391 g/mol. The number of rotatable bonds is 8. The Morgan fingerprint density at radius 1 is 1.00 bits per heavy atom. The maximum Gasteiger partial charge on any atom is 0.274 e. The van der Waals surface area contributed by atoms with Gasteiger partial charge in [0.1, 0.15) is 23.8 Å². The van der Waals surface area contributed by atoms with Gasteiger partial charge in [0, 0.05) is 12.2 Å². The molecule has 150 valence electrons. The summed E-state index contributed by atoms with van der Waals surface area (Å²) in [6.45, 7) is 5.07. The van der Waals surface area contributed by atoms with E-state index < -0.39 is 0 Å². The number of pyridine rings is 1. The van der Waals surface area contributed by atoms with Crippen LogP contribution in [0.5, 0.6) is 11.5 Å². The maximum absolute atomic E-state index is 12.4. The van der Waals surface area contributed by atoms with Crippen LogP contribution >= 0.6 is 0 Å². The zero-order valence-electron chi connectivity index (χ0n) is 16.9. The molecule has 0 saturated heterocycles. The van der Waals surface area contributed by atoms with E-state index in [1.807, 2.05) is 62.4 Å². The number of aromatic nitrogens is 1. The van der Waals surface area contributed by atoms with Crippen LogP contribution in [0.4, 0.5) is 11.4 Å². The molecule has 0 radical (unpaired) electrons. The lowest BCUT2D eigenvalue weighted by Gasteiger charge is -2.10. The largest absolute Gasteiger partial charge is 0.497 e. The van der Waals surface area contributed by atoms with Gasteiger partial charge in [-0.3, -0.25) is 4.79 Å². The SMILES string of the molecule is COc1ccc(OCCNc2ccc(C(=O)Nc3cc(C)ccc3C)nc2)cc1. The van der Waals surface area contributed by atoms with Crippen LogP contribution in [0.3, 0.4) is 0 Å². The molecular weight excluding hydrogens is 366 g/mol. The molecule has 2 N–H and O–H groups in total. The molecule has 3 rings (SSSR count). The minimum Gasteiger partial charge on any atom is -0.497 e. The van der Waals surface area contributed by atoms with E-state index >= 15 is 0 Å². The summed E-state index contributed by atoms with van der Waals surface area (Å²) in [5, 5.41) is 6.14. The van der Waals surface area contributed by atoms with E-state index in [2.05, 4.69) is 15.6 Å². The van der Waals surface area contributed by atoms with E-state index in [1.54, 1.807) is 19.4 Å². The molecule has 1 heterocycles. The van der Waals surface area contributed by atoms with Crippen LogP contribution in [-0.4, -0.2) is 31.2 Å². The van der Waals surface area contributed by atoms with Crippen LogP contribution in [0.2, 0.25) is 0 Å². The standard InChI is InChI=1S/C23H25N3O3/c1-16-4-5-17(2)22(14-16)26-23(27)21-11-6-18(15-25-21)24-12-13-29-20-9-7-19(28-3)8-10-20/h4-11,14-15,24H,12-13H2,1-3H3,(H,26,27). The third kappa shape index (κ3) is 5.72. The zero-order valence-corrected chi connectivity index (χ0v) is 16.9. The first kappa shape index (κ1) is 20.2. The Balaban J connectivity index is 1.47. The molecule has 0 aliphatic carbocycles. The van der Waals surface area contributed by atoms with Crippen molar-refractivity contribution in [1.29, 1.82) is 0 Å². The number of amides is 1. The van der Waals surface area contributed by atoms with E-state index in [-0.39, 0.29) is 5.91 Å². The highest BCUT2D eigenvalue weighted by Gasteiger charge is 2.09. The number of aryl methyl sites for hydroxylation is 2. The van der Waals surface area contributed by atoms with Crippen LogP contribution in [-0.2, 0) is 0 Å². The summed E-state index contributed by atoms with van der Waals surface area (Å²) >= 11 is 0. The minimum absolute atomic E-state index is 0.229. The number of nitrogens with one attached hydrogen (secondary N) is 2. The van der Waals surface area contributed by atoms with Gasteiger partial charge >= 0.3 is 0 Å². The molecule has 29 heavy (non-hydrogen) atoms. The smallest absolute Gasteiger partial charge is 0.274 e. The Hall–Kier alpha value is -3.54. The number of ether oxygens (including phenoxy) is 2. The van der Waals surface area contributed by atoms with Crippen molar-refractivity contribution >= 4 is 17.3 Å². The van der Waals surface area contributed by atoms with Gasteiger partial charge in [0.05, 0.1) is 19.0 Å². The quantitative estimate of drug-likeness (QED) is 0.555. The highest BCUT2D eigenvalue weighted by atomic mass is 16.5. The molecule has 0 aliphatic rings. The van der Waals surface area contributed by atoms with Crippen molar-refractivity contribution in [2.75, 3.05) is 30.9 Å². The molecule has 1 amide bonds. The number of methoxy groups -OCH3 is 1. The van der Waals surface area contributed by atoms with E-state index in [0.717, 1.165) is 34.0 Å². The van der Waals surface area contributed by atoms with Crippen LogP contribution in [0.25, 0.3) is 0 Å². The van der Waals surface area contributed by atoms with Crippen molar-refractivity contribution in [2.24, 2.45) is 0 Å². The summed E-state index contributed by atoms with van der Waals surface area (Å²) in [6.07, 6.45) is 1.64. The molecule has 6 nitrogen and oxygen atoms in total. The number of carbonyl (C=O) groups excluding carboxylic acids is 1. The molecule has 0 fully saturated rings. The molecular formula is C23H25N3O3. The molecule has 0 spiro atoms. The van der Waals surface area contributed by atoms with Crippen molar-refractivity contribution in [3.8, 4) is 11.5 Å². The lowest BCUT2D eigenvalue weighted by Crippen LogP contribution is -2.15. The van der Waals surface area contributed by atoms with Crippen LogP contribution in [0.1, 0.15) is 21.6 Å². The van der Waals surface area contributed by atoms with Gasteiger partial charge in [-0.25, -0.2) is 4.98 Å². The number of carbonyl (C=O) groups is 1. The second-order valence-electron chi connectivity index (χ2n) is 6.66. The molecule has 0 unspecified atom stereocenters. The van der Waals surface area contributed by atoms with Gasteiger partial charge in [-0.2, -0.15) is 0 Å². The molecule has 0 bridgehead atoms. The molecule has 6 heteroatoms. The van der Waals surface area contributed by atoms with Gasteiger partial charge in [0.15, 0.2) is 0 Å². The Morgan fingerprint density at radius 3 is 2.45 bits per heavy atom. The predicted octanol–water partition coefficient (Wildman–Crippen LogP) is 4.45. The molecule has 0 aliphatic heterocycles. The number of benzene rings is 2. The highest BCUT2D eigenvalue weighted by molar-refractivity contribution is 6.03. The van der Waals surface area contributed by atoms with Gasteiger partial charge in [0.25, 0.3) is 5.91 Å². The maximum atomic E-state index is 12.4. The molecule has 2 aromatic carbocycles. The number of nitrogens with zero attached hydrogens (tertiary/aromatic N) is 1. The van der Waals surface area contributed by atoms with Gasteiger partial charge in [-0.1, -0.05) is 12.1 Å². The van der Waals surface area contributed by atoms with Gasteiger partial charge in [-0.05, 0) is 67.4 Å². The van der Waals surface area contributed by atoms with E-state index in [9.17, 15) is 4.79 Å². The van der Waals surface area contributed by atoms with Crippen LogP contribution in [0.15, 0.2) is 60.8 Å². The minimum atomic E-state index is -0.229. The topological polar surface area (TPSA) is 72.5 Å². The summed E-state index contributed by atoms with van der Waals surface area (Å²) in [6, 6.07) is 16.9. The Kier molecular flexibility index (Phi) is 6.68. The van der Waals surface area contributed by atoms with Gasteiger partial charge in [0.2, 0.25) is 0 Å². The van der Waals surface area contributed by atoms with Crippen molar-refractivity contribution in [3.05, 3.63) is 77.6 Å². The lowest BCUT2D eigenvalue weighted by atomic mass is 10.1. The molecule has 1 aromatic heterocycles. The monoisotopic (exact) mass is 391 g/mol. The van der Waals surface area contributed by atoms with Crippen LogP contribution in [0, 0.1) is 13.8 Å². The number of hydrogen-bond acceptors (Lipinski definition) is 5. The summed E-state index contributed by atoms with van der Waals surface area (Å²) in [7, 11) is 1.63. The van der Waals surface area contributed by atoms with Crippen molar-refractivity contribution in [2.45, 2.75) is 13.8 Å². The first-order chi connectivity index (χ1) is 14.0. The van der Waals surface area contributed by atoms with Gasteiger partial charge in [-0.15, -0.1) is 0 Å². The van der Waals surface area contributed by atoms with Crippen molar-refractivity contribution in [3.63, 3.8) is 0 Å². The number of anilines is 2. The molecule has 3 aromatic rings. The lowest BCUT2D eigenvalue weighted by molar-refractivity contribution is 0.102. The fourth-order valence-electron chi connectivity index (χ4n) is 2.73. The van der Waals surface area contributed by atoms with E-state index in [1.165, 1.54) is 0 Å². The molecule has 0 saturated carbocycles. The first-order valence-electron chi connectivity index (χ1n) is 9.40. The third-order valence-corrected chi connectivity index (χ3v) is 4.40. The fraction of sp³-hybridized carbons (Fsp3) is 0.217. The van der Waals surface area contributed by atoms with E-state index in [4.69, 9.17) is 9.47 Å². The number of hydrogen-bond donors (Lipinski definition) is 2. The highest BCUT2D eigenvalue weighted by Crippen LogP contribution is 2.18. The summed E-state index contributed by atoms with van der Waals surface area (Å²) in [5.41, 5.74) is 4.10. The van der Waals surface area contributed by atoms with Gasteiger partial charge < -0.3 is 20.1 Å².